The summed E-state index contributed by atoms with van der Waals surface area (Å²) in [6.07, 6.45) is 3.07. The van der Waals surface area contributed by atoms with Crippen LogP contribution in [-0.2, 0) is 0 Å². The largest absolute Gasteiger partial charge is 0.382 e. The van der Waals surface area contributed by atoms with Crippen LogP contribution in [0.5, 0.6) is 0 Å². The van der Waals surface area contributed by atoms with Crippen molar-refractivity contribution in [1.29, 1.82) is 0 Å². The number of carbonyl (C=O) groups is 1. The molecule has 0 amide bonds. The lowest BCUT2D eigenvalue weighted by Crippen LogP contribution is -2.41. The summed E-state index contributed by atoms with van der Waals surface area (Å²) in [5.74, 6) is 0.526. The molecule has 0 spiro atoms. The summed E-state index contributed by atoms with van der Waals surface area (Å²) in [6.45, 7) is 6.15. The Bertz CT molecular complexity index is 434. The van der Waals surface area contributed by atoms with Crippen LogP contribution < -0.4 is 0 Å². The second-order valence-electron chi connectivity index (χ2n) is 5.92. The van der Waals surface area contributed by atoms with Crippen molar-refractivity contribution in [2.24, 2.45) is 5.92 Å². The number of rotatable bonds is 2. The Morgan fingerprint density at radius 3 is 2.17 bits per heavy atom. The van der Waals surface area contributed by atoms with Gasteiger partial charge in [-0.2, -0.15) is 0 Å². The van der Waals surface area contributed by atoms with E-state index in [9.17, 15) is 9.90 Å². The van der Waals surface area contributed by atoms with Gasteiger partial charge in [-0.1, -0.05) is 24.1 Å². The van der Waals surface area contributed by atoms with Crippen LogP contribution in [0, 0.1) is 19.8 Å². The highest BCUT2D eigenvalue weighted by Gasteiger charge is 2.39. The Morgan fingerprint density at radius 2 is 1.67 bits per heavy atom. The number of carbonyl (C=O) groups excluding carboxylic acids is 1. The van der Waals surface area contributed by atoms with Crippen molar-refractivity contribution < 1.29 is 9.90 Å². The zero-order chi connectivity index (χ0) is 13.3. The van der Waals surface area contributed by atoms with Gasteiger partial charge in [0, 0.05) is 5.56 Å². The number of Topliss-reactive ketones (excluding diaryl/α,β-unsaturated/α-hetero) is 1. The highest BCUT2D eigenvalue weighted by atomic mass is 16.3. The van der Waals surface area contributed by atoms with E-state index in [-0.39, 0.29) is 5.78 Å². The lowest BCUT2D eigenvalue weighted by Gasteiger charge is -2.33. The van der Waals surface area contributed by atoms with Crippen LogP contribution in [0.15, 0.2) is 18.2 Å². The predicted octanol–water partition coefficient (Wildman–Crippen LogP) is 3.43. The Kier molecular flexibility index (Phi) is 3.58. The van der Waals surface area contributed by atoms with Crippen LogP contribution >= 0.6 is 0 Å². The van der Waals surface area contributed by atoms with E-state index in [0.717, 1.165) is 24.0 Å². The van der Waals surface area contributed by atoms with Crippen molar-refractivity contribution in [3.63, 3.8) is 0 Å². The molecular formula is C16H22O2. The van der Waals surface area contributed by atoms with Crippen molar-refractivity contribution in [1.82, 2.24) is 0 Å². The highest BCUT2D eigenvalue weighted by Crippen LogP contribution is 2.34. The molecule has 1 aliphatic rings. The fourth-order valence-corrected chi connectivity index (χ4v) is 2.84. The third-order valence-electron chi connectivity index (χ3n) is 4.01. The van der Waals surface area contributed by atoms with Crippen LogP contribution in [-0.4, -0.2) is 16.5 Å². The molecule has 0 aromatic heterocycles. The molecule has 0 bridgehead atoms. The van der Waals surface area contributed by atoms with E-state index < -0.39 is 5.60 Å². The Labute approximate surface area is 109 Å². The van der Waals surface area contributed by atoms with Gasteiger partial charge >= 0.3 is 0 Å². The molecule has 0 atom stereocenters. The van der Waals surface area contributed by atoms with Crippen LogP contribution in [0.4, 0.5) is 0 Å². The van der Waals surface area contributed by atoms with Gasteiger partial charge in [-0.3, -0.25) is 4.79 Å². The molecule has 1 aromatic carbocycles. The molecule has 0 heterocycles. The number of aryl methyl sites for hydroxylation is 2. The van der Waals surface area contributed by atoms with Crippen LogP contribution in [0.2, 0.25) is 0 Å². The lowest BCUT2D eigenvalue weighted by molar-refractivity contribution is 0.00425. The second-order valence-corrected chi connectivity index (χ2v) is 5.92. The zero-order valence-electron chi connectivity index (χ0n) is 11.5. The Balaban J connectivity index is 2.25. The van der Waals surface area contributed by atoms with E-state index in [2.05, 4.69) is 6.92 Å². The van der Waals surface area contributed by atoms with Gasteiger partial charge in [0.15, 0.2) is 5.78 Å². The van der Waals surface area contributed by atoms with Crippen LogP contribution in [0.3, 0.4) is 0 Å². The molecule has 0 aliphatic heterocycles. The summed E-state index contributed by atoms with van der Waals surface area (Å²) < 4.78 is 0. The van der Waals surface area contributed by atoms with E-state index in [0.29, 0.717) is 24.3 Å². The molecule has 1 aromatic rings. The van der Waals surface area contributed by atoms with E-state index >= 15 is 0 Å². The maximum atomic E-state index is 12.5. The van der Waals surface area contributed by atoms with Crippen LogP contribution in [0.25, 0.3) is 0 Å². The topological polar surface area (TPSA) is 37.3 Å². The summed E-state index contributed by atoms with van der Waals surface area (Å²) in [4.78, 5) is 12.5. The van der Waals surface area contributed by atoms with E-state index in [4.69, 9.17) is 0 Å². The Morgan fingerprint density at radius 1 is 1.17 bits per heavy atom. The number of ketones is 1. The predicted molar refractivity (Wildman–Crippen MR) is 72.8 cm³/mol. The molecule has 1 N–H and O–H groups in total. The molecule has 2 rings (SSSR count). The van der Waals surface area contributed by atoms with Gasteiger partial charge in [0.2, 0.25) is 0 Å². The van der Waals surface area contributed by atoms with Gasteiger partial charge < -0.3 is 5.11 Å². The molecular weight excluding hydrogens is 224 g/mol. The standard InChI is InChI=1S/C16H22O2/c1-11-4-6-16(18,7-5-11)15(17)14-9-12(2)8-13(3)10-14/h8-11,18H,4-7H2,1-3H3. The monoisotopic (exact) mass is 246 g/mol. The van der Waals surface area contributed by atoms with Gasteiger partial charge in [-0.15, -0.1) is 0 Å². The van der Waals surface area contributed by atoms with Gasteiger partial charge in [0.1, 0.15) is 5.60 Å². The van der Waals surface area contributed by atoms with Crippen molar-refractivity contribution in [2.45, 2.75) is 52.1 Å². The van der Waals surface area contributed by atoms with E-state index in [1.54, 1.807) is 0 Å². The first-order chi connectivity index (χ1) is 8.40. The lowest BCUT2D eigenvalue weighted by atomic mass is 9.75. The minimum atomic E-state index is -1.13. The van der Waals surface area contributed by atoms with Gasteiger partial charge in [0.05, 0.1) is 0 Å². The highest BCUT2D eigenvalue weighted by molar-refractivity contribution is 6.02. The normalized spacial score (nSPS) is 28.1. The summed E-state index contributed by atoms with van der Waals surface area (Å²) in [5, 5.41) is 10.5. The second kappa shape index (κ2) is 4.85. The summed E-state index contributed by atoms with van der Waals surface area (Å²) in [7, 11) is 0. The maximum absolute atomic E-state index is 12.5. The minimum absolute atomic E-state index is 0.0961. The smallest absolute Gasteiger partial charge is 0.194 e. The first-order valence-corrected chi connectivity index (χ1v) is 6.76. The number of hydrogen-bond acceptors (Lipinski definition) is 2. The summed E-state index contributed by atoms with van der Waals surface area (Å²) in [6, 6.07) is 5.81. The van der Waals surface area contributed by atoms with Gasteiger partial charge in [-0.25, -0.2) is 0 Å². The first kappa shape index (κ1) is 13.3. The van der Waals surface area contributed by atoms with Crippen molar-refractivity contribution in [2.75, 3.05) is 0 Å². The zero-order valence-corrected chi connectivity index (χ0v) is 11.5. The van der Waals surface area contributed by atoms with Crippen molar-refractivity contribution in [3.8, 4) is 0 Å². The van der Waals surface area contributed by atoms with Crippen molar-refractivity contribution >= 4 is 5.78 Å². The van der Waals surface area contributed by atoms with Gasteiger partial charge in [-0.05, 0) is 57.6 Å². The molecule has 2 heteroatoms. The quantitative estimate of drug-likeness (QED) is 0.812. The molecule has 0 saturated heterocycles. The SMILES string of the molecule is Cc1cc(C)cc(C(=O)C2(O)CCC(C)CC2)c1. The average molecular weight is 246 g/mol. The summed E-state index contributed by atoms with van der Waals surface area (Å²) in [5.41, 5.74) is 1.68. The third-order valence-corrected chi connectivity index (χ3v) is 4.01. The number of benzene rings is 1. The summed E-state index contributed by atoms with van der Waals surface area (Å²) >= 11 is 0. The molecule has 1 aliphatic carbocycles. The average Bonchev–Trinajstić information content (AvgIpc) is 2.31. The number of hydrogen-bond donors (Lipinski definition) is 1. The molecule has 1 fully saturated rings. The van der Waals surface area contributed by atoms with Crippen LogP contribution in [0.1, 0.15) is 54.1 Å². The maximum Gasteiger partial charge on any atom is 0.194 e. The molecule has 98 valence electrons. The minimum Gasteiger partial charge on any atom is -0.382 e. The number of aliphatic hydroxyl groups is 1. The van der Waals surface area contributed by atoms with Crippen molar-refractivity contribution in [3.05, 3.63) is 34.9 Å². The molecule has 1 saturated carbocycles. The first-order valence-electron chi connectivity index (χ1n) is 6.76. The molecule has 2 nitrogen and oxygen atoms in total. The molecule has 0 unspecified atom stereocenters. The Hall–Kier alpha value is -1.15. The molecule has 18 heavy (non-hydrogen) atoms. The molecule has 0 radical (unpaired) electrons. The third kappa shape index (κ3) is 2.64. The van der Waals surface area contributed by atoms with E-state index in [1.165, 1.54) is 0 Å². The van der Waals surface area contributed by atoms with E-state index in [1.807, 2.05) is 32.0 Å². The fourth-order valence-electron chi connectivity index (χ4n) is 2.84. The van der Waals surface area contributed by atoms with Gasteiger partial charge in [0.25, 0.3) is 0 Å². The fraction of sp³-hybridized carbons (Fsp3) is 0.562.